The minimum Gasteiger partial charge on any atom is -0.448 e. The van der Waals surface area contributed by atoms with Crippen LogP contribution >= 0.6 is 0 Å². The van der Waals surface area contributed by atoms with E-state index in [2.05, 4.69) is 15.1 Å². The van der Waals surface area contributed by atoms with Crippen LogP contribution in [0.1, 0.15) is 40.8 Å². The molecule has 0 bridgehead atoms. The molecule has 0 radical (unpaired) electrons. The smallest absolute Gasteiger partial charge is 0.361 e. The van der Waals surface area contributed by atoms with Gasteiger partial charge in [-0.15, -0.1) is 0 Å². The molecule has 3 rings (SSSR count). The van der Waals surface area contributed by atoms with Crippen molar-refractivity contribution in [3.63, 3.8) is 0 Å². The molecule has 23 heavy (non-hydrogen) atoms. The summed E-state index contributed by atoms with van der Waals surface area (Å²) < 4.78 is 15.7. The topological polar surface area (TPSA) is 91.2 Å². The maximum Gasteiger partial charge on any atom is 0.361 e. The first-order chi connectivity index (χ1) is 11.0. The lowest BCUT2D eigenvalue weighted by Gasteiger charge is -2.08. The van der Waals surface area contributed by atoms with E-state index in [1.165, 1.54) is 6.39 Å². The summed E-state index contributed by atoms with van der Waals surface area (Å²) in [5.74, 6) is 0.461. The Morgan fingerprint density at radius 2 is 1.96 bits per heavy atom. The summed E-state index contributed by atoms with van der Waals surface area (Å²) in [5, 5.41) is 3.67. The van der Waals surface area contributed by atoms with E-state index in [0.29, 0.717) is 11.6 Å². The Hall–Kier alpha value is -2.96. The van der Waals surface area contributed by atoms with Gasteiger partial charge in [0.25, 0.3) is 5.89 Å². The molecule has 7 heteroatoms. The number of carbonyl (C=O) groups excluding carboxylic acids is 1. The summed E-state index contributed by atoms with van der Waals surface area (Å²) in [6.45, 7) is 5.32. The summed E-state index contributed by atoms with van der Waals surface area (Å²) in [5.41, 5.74) is 1.97. The number of rotatable bonds is 4. The first-order valence-corrected chi connectivity index (χ1v) is 7.06. The standard InChI is InChI=1S/C16H15N3O4/c1-9-4-6-12(7-5-9)14-13(17-8-21-14)16(20)22-10(2)15-18-11(3)19-23-15/h4-8,10H,1-3H3/t10-/m0/s1. The van der Waals surface area contributed by atoms with Crippen LogP contribution < -0.4 is 0 Å². The lowest BCUT2D eigenvalue weighted by Crippen LogP contribution is -2.11. The highest BCUT2D eigenvalue weighted by atomic mass is 16.6. The molecule has 7 nitrogen and oxygen atoms in total. The molecule has 0 aliphatic heterocycles. The molecule has 2 heterocycles. The number of oxazole rings is 1. The Balaban J connectivity index is 1.81. The molecule has 0 unspecified atom stereocenters. The summed E-state index contributed by atoms with van der Waals surface area (Å²) in [6, 6.07) is 7.57. The molecular weight excluding hydrogens is 298 g/mol. The number of aromatic nitrogens is 3. The largest absolute Gasteiger partial charge is 0.448 e. The Morgan fingerprint density at radius 3 is 2.61 bits per heavy atom. The molecule has 0 aliphatic carbocycles. The van der Waals surface area contributed by atoms with E-state index < -0.39 is 12.1 Å². The van der Waals surface area contributed by atoms with Gasteiger partial charge in [-0.3, -0.25) is 0 Å². The van der Waals surface area contributed by atoms with Crippen LogP contribution in [0.5, 0.6) is 0 Å². The van der Waals surface area contributed by atoms with Crippen LogP contribution in [-0.2, 0) is 4.74 Å². The zero-order chi connectivity index (χ0) is 16.4. The third-order valence-corrected chi connectivity index (χ3v) is 3.25. The second-order valence-electron chi connectivity index (χ2n) is 5.12. The molecule has 0 saturated heterocycles. The van der Waals surface area contributed by atoms with Crippen molar-refractivity contribution in [2.45, 2.75) is 26.9 Å². The molecule has 1 atom stereocenters. The summed E-state index contributed by atoms with van der Waals surface area (Å²) >= 11 is 0. The van der Waals surface area contributed by atoms with Gasteiger partial charge in [-0.2, -0.15) is 4.98 Å². The van der Waals surface area contributed by atoms with Crippen molar-refractivity contribution >= 4 is 5.97 Å². The minimum atomic E-state index is -0.675. The van der Waals surface area contributed by atoms with Crippen molar-refractivity contribution in [2.75, 3.05) is 0 Å². The Labute approximate surface area is 132 Å². The maximum absolute atomic E-state index is 12.3. The predicted octanol–water partition coefficient (Wildman–Crippen LogP) is 3.26. The van der Waals surface area contributed by atoms with E-state index in [9.17, 15) is 4.79 Å². The average molecular weight is 313 g/mol. The molecular formula is C16H15N3O4. The van der Waals surface area contributed by atoms with Gasteiger partial charge in [0, 0.05) is 5.56 Å². The number of nitrogens with zero attached hydrogens (tertiary/aromatic N) is 3. The first kappa shape index (κ1) is 15.0. The highest BCUT2D eigenvalue weighted by molar-refractivity contribution is 5.93. The van der Waals surface area contributed by atoms with Crippen LogP contribution in [0.3, 0.4) is 0 Å². The number of carbonyl (C=O) groups is 1. The van der Waals surface area contributed by atoms with E-state index in [0.717, 1.165) is 11.1 Å². The SMILES string of the molecule is Cc1ccc(-c2ocnc2C(=O)O[C@@H](C)c2nc(C)no2)cc1. The number of hydrogen-bond acceptors (Lipinski definition) is 7. The number of benzene rings is 1. The average Bonchev–Trinajstić information content (AvgIpc) is 3.17. The summed E-state index contributed by atoms with van der Waals surface area (Å²) in [6.07, 6.45) is 0.541. The first-order valence-electron chi connectivity index (χ1n) is 7.06. The van der Waals surface area contributed by atoms with Crippen LogP contribution in [0.15, 0.2) is 39.6 Å². The quantitative estimate of drug-likeness (QED) is 0.683. The molecule has 0 aliphatic rings. The lowest BCUT2D eigenvalue weighted by molar-refractivity contribution is 0.0259. The molecule has 0 amide bonds. The summed E-state index contributed by atoms with van der Waals surface area (Å²) in [4.78, 5) is 20.3. The van der Waals surface area contributed by atoms with E-state index in [1.54, 1.807) is 13.8 Å². The van der Waals surface area contributed by atoms with Crippen LogP contribution in [-0.4, -0.2) is 21.1 Å². The lowest BCUT2D eigenvalue weighted by atomic mass is 10.1. The highest BCUT2D eigenvalue weighted by Crippen LogP contribution is 2.25. The molecule has 0 N–H and O–H groups in total. The van der Waals surface area contributed by atoms with Gasteiger partial charge in [0.05, 0.1) is 0 Å². The van der Waals surface area contributed by atoms with E-state index in [-0.39, 0.29) is 11.6 Å². The van der Waals surface area contributed by atoms with Gasteiger partial charge in [-0.05, 0) is 20.8 Å². The second-order valence-corrected chi connectivity index (χ2v) is 5.12. The van der Waals surface area contributed by atoms with Gasteiger partial charge < -0.3 is 13.7 Å². The van der Waals surface area contributed by atoms with E-state index in [4.69, 9.17) is 13.7 Å². The molecule has 3 aromatic rings. The third kappa shape index (κ3) is 3.13. The molecule has 1 aromatic carbocycles. The van der Waals surface area contributed by atoms with Gasteiger partial charge >= 0.3 is 5.97 Å². The number of esters is 1. The van der Waals surface area contributed by atoms with E-state index in [1.807, 2.05) is 31.2 Å². The zero-order valence-corrected chi connectivity index (χ0v) is 12.9. The number of ether oxygens (including phenoxy) is 1. The fraction of sp³-hybridized carbons (Fsp3) is 0.250. The van der Waals surface area contributed by atoms with Crippen molar-refractivity contribution in [3.8, 4) is 11.3 Å². The third-order valence-electron chi connectivity index (χ3n) is 3.25. The van der Waals surface area contributed by atoms with Crippen LogP contribution in [0.25, 0.3) is 11.3 Å². The van der Waals surface area contributed by atoms with E-state index >= 15 is 0 Å². The van der Waals surface area contributed by atoms with Gasteiger partial charge in [-0.25, -0.2) is 9.78 Å². The number of hydrogen-bond donors (Lipinski definition) is 0. The van der Waals surface area contributed by atoms with Crippen LogP contribution in [0.2, 0.25) is 0 Å². The highest BCUT2D eigenvalue weighted by Gasteiger charge is 2.24. The fourth-order valence-electron chi connectivity index (χ4n) is 2.05. The molecule has 0 fully saturated rings. The van der Waals surface area contributed by atoms with Crippen molar-refractivity contribution in [1.29, 1.82) is 0 Å². The minimum absolute atomic E-state index is 0.108. The van der Waals surface area contributed by atoms with Crippen molar-refractivity contribution in [2.24, 2.45) is 0 Å². The van der Waals surface area contributed by atoms with Crippen molar-refractivity contribution < 1.29 is 18.5 Å². The van der Waals surface area contributed by atoms with Crippen LogP contribution in [0.4, 0.5) is 0 Å². The van der Waals surface area contributed by atoms with Crippen molar-refractivity contribution in [3.05, 3.63) is 53.6 Å². The Morgan fingerprint density at radius 1 is 1.22 bits per heavy atom. The molecule has 118 valence electrons. The van der Waals surface area contributed by atoms with Gasteiger partial charge in [0.1, 0.15) is 0 Å². The molecule has 0 saturated carbocycles. The monoisotopic (exact) mass is 313 g/mol. The van der Waals surface area contributed by atoms with Gasteiger partial charge in [-0.1, -0.05) is 35.0 Å². The number of aryl methyl sites for hydroxylation is 2. The predicted molar refractivity (Wildman–Crippen MR) is 79.5 cm³/mol. The Kier molecular flexibility index (Phi) is 3.92. The Bertz CT molecular complexity index is 820. The molecule has 0 spiro atoms. The van der Waals surface area contributed by atoms with Crippen LogP contribution in [0, 0.1) is 13.8 Å². The van der Waals surface area contributed by atoms with Gasteiger partial charge in [0.2, 0.25) is 0 Å². The second kappa shape index (κ2) is 6.04. The van der Waals surface area contributed by atoms with Gasteiger partial charge in [0.15, 0.2) is 29.8 Å². The maximum atomic E-state index is 12.3. The fourth-order valence-corrected chi connectivity index (χ4v) is 2.05. The van der Waals surface area contributed by atoms with Crippen molar-refractivity contribution in [1.82, 2.24) is 15.1 Å². The normalized spacial score (nSPS) is 12.1. The zero-order valence-electron chi connectivity index (χ0n) is 12.9. The molecule has 2 aromatic heterocycles. The summed E-state index contributed by atoms with van der Waals surface area (Å²) in [7, 11) is 0.